The summed E-state index contributed by atoms with van der Waals surface area (Å²) in [7, 11) is 1.57. The second-order valence-electron chi connectivity index (χ2n) is 3.20. The van der Waals surface area contributed by atoms with Crippen molar-refractivity contribution in [1.29, 1.82) is 0 Å². The third kappa shape index (κ3) is 4.27. The molecule has 0 rings (SSSR count). The Balaban J connectivity index is 4.09. The van der Waals surface area contributed by atoms with E-state index in [1.807, 2.05) is 4.90 Å². The normalized spacial score (nSPS) is 12.6. The van der Waals surface area contributed by atoms with Gasteiger partial charge >= 0.3 is 0 Å². The fourth-order valence-electron chi connectivity index (χ4n) is 1.23. The lowest BCUT2D eigenvalue weighted by atomic mass is 10.3. The number of carbonyl (C=O) groups is 1. The van der Waals surface area contributed by atoms with Crippen LogP contribution in [-0.4, -0.2) is 37.1 Å². The Kier molecular flexibility index (Phi) is 6.59. The molecule has 0 aliphatic carbocycles. The predicted octanol–water partition coefficient (Wildman–Crippen LogP) is 1.67. The molecule has 0 bridgehead atoms. The Morgan fingerprint density at radius 1 is 1.31 bits per heavy atom. The van der Waals surface area contributed by atoms with Crippen LogP contribution < -0.4 is 0 Å². The molecule has 1 amide bonds. The van der Waals surface area contributed by atoms with Gasteiger partial charge in [-0.2, -0.15) is 0 Å². The van der Waals surface area contributed by atoms with Gasteiger partial charge in [-0.15, -0.1) is 0 Å². The summed E-state index contributed by atoms with van der Waals surface area (Å²) >= 11 is 0. The highest BCUT2D eigenvalue weighted by Crippen LogP contribution is 2.00. The van der Waals surface area contributed by atoms with Crippen molar-refractivity contribution in [2.75, 3.05) is 20.2 Å². The van der Waals surface area contributed by atoms with Crippen molar-refractivity contribution >= 4 is 5.91 Å². The summed E-state index contributed by atoms with van der Waals surface area (Å²) in [5, 5.41) is 0. The van der Waals surface area contributed by atoms with E-state index in [0.717, 1.165) is 25.9 Å². The molecule has 0 saturated carbocycles. The molecule has 3 nitrogen and oxygen atoms in total. The van der Waals surface area contributed by atoms with E-state index in [2.05, 4.69) is 13.8 Å². The monoisotopic (exact) mass is 187 g/mol. The SMILES string of the molecule is CCCN(CCC)C(=O)C(C)OC. The molecular formula is C10H21NO2. The summed E-state index contributed by atoms with van der Waals surface area (Å²) in [5.74, 6) is 0.103. The zero-order valence-electron chi connectivity index (χ0n) is 9.17. The second-order valence-corrected chi connectivity index (χ2v) is 3.20. The van der Waals surface area contributed by atoms with Crippen LogP contribution in [0.1, 0.15) is 33.6 Å². The average molecular weight is 187 g/mol. The lowest BCUT2D eigenvalue weighted by molar-refractivity contribution is -0.141. The van der Waals surface area contributed by atoms with Crippen LogP contribution in [0.25, 0.3) is 0 Å². The van der Waals surface area contributed by atoms with Gasteiger partial charge in [-0.1, -0.05) is 13.8 Å². The Morgan fingerprint density at radius 2 is 1.77 bits per heavy atom. The molecule has 0 N–H and O–H groups in total. The summed E-state index contributed by atoms with van der Waals surface area (Å²) in [6, 6.07) is 0. The van der Waals surface area contributed by atoms with E-state index in [0.29, 0.717) is 0 Å². The van der Waals surface area contributed by atoms with Crippen molar-refractivity contribution < 1.29 is 9.53 Å². The number of nitrogens with zero attached hydrogens (tertiary/aromatic N) is 1. The van der Waals surface area contributed by atoms with E-state index in [1.165, 1.54) is 0 Å². The van der Waals surface area contributed by atoms with E-state index in [4.69, 9.17) is 4.74 Å². The van der Waals surface area contributed by atoms with E-state index in [-0.39, 0.29) is 12.0 Å². The molecule has 0 aliphatic heterocycles. The number of amides is 1. The highest BCUT2D eigenvalue weighted by molar-refractivity contribution is 5.80. The van der Waals surface area contributed by atoms with Gasteiger partial charge in [0.15, 0.2) is 0 Å². The van der Waals surface area contributed by atoms with E-state index >= 15 is 0 Å². The van der Waals surface area contributed by atoms with E-state index in [9.17, 15) is 4.79 Å². The van der Waals surface area contributed by atoms with Gasteiger partial charge in [0.05, 0.1) is 0 Å². The van der Waals surface area contributed by atoms with Crippen molar-refractivity contribution in [1.82, 2.24) is 4.90 Å². The Bertz CT molecular complexity index is 142. The third-order valence-corrected chi connectivity index (χ3v) is 2.00. The lowest BCUT2D eigenvalue weighted by Gasteiger charge is -2.24. The number of ether oxygens (including phenoxy) is 1. The van der Waals surface area contributed by atoms with Gasteiger partial charge in [0, 0.05) is 20.2 Å². The molecular weight excluding hydrogens is 166 g/mol. The standard InChI is InChI=1S/C10H21NO2/c1-5-7-11(8-6-2)10(12)9(3)13-4/h9H,5-8H2,1-4H3. The molecule has 0 aliphatic rings. The van der Waals surface area contributed by atoms with Gasteiger partial charge in [-0.3, -0.25) is 4.79 Å². The minimum atomic E-state index is -0.307. The molecule has 0 fully saturated rings. The maximum absolute atomic E-state index is 11.7. The first-order chi connectivity index (χ1) is 6.17. The van der Waals surface area contributed by atoms with Crippen LogP contribution in [0.5, 0.6) is 0 Å². The zero-order chi connectivity index (χ0) is 10.3. The zero-order valence-corrected chi connectivity index (χ0v) is 9.17. The van der Waals surface area contributed by atoms with Gasteiger partial charge in [-0.05, 0) is 19.8 Å². The molecule has 0 saturated heterocycles. The topological polar surface area (TPSA) is 29.5 Å². The number of hydrogen-bond donors (Lipinski definition) is 0. The van der Waals surface area contributed by atoms with Crippen LogP contribution >= 0.6 is 0 Å². The maximum Gasteiger partial charge on any atom is 0.251 e. The molecule has 13 heavy (non-hydrogen) atoms. The Morgan fingerprint density at radius 3 is 2.08 bits per heavy atom. The first-order valence-electron chi connectivity index (χ1n) is 4.98. The molecule has 0 aromatic rings. The average Bonchev–Trinajstić information content (AvgIpc) is 2.15. The number of rotatable bonds is 6. The van der Waals surface area contributed by atoms with Crippen LogP contribution in [0.3, 0.4) is 0 Å². The molecule has 0 heterocycles. The van der Waals surface area contributed by atoms with Crippen molar-refractivity contribution in [2.24, 2.45) is 0 Å². The first-order valence-corrected chi connectivity index (χ1v) is 4.98. The van der Waals surface area contributed by atoms with Gasteiger partial charge in [0.1, 0.15) is 6.10 Å². The molecule has 78 valence electrons. The molecule has 1 atom stereocenters. The molecule has 0 aromatic carbocycles. The summed E-state index contributed by atoms with van der Waals surface area (Å²) in [6.07, 6.45) is 1.70. The predicted molar refractivity (Wildman–Crippen MR) is 53.6 cm³/mol. The molecule has 0 aromatic heterocycles. The summed E-state index contributed by atoms with van der Waals surface area (Å²) < 4.78 is 4.99. The number of hydrogen-bond acceptors (Lipinski definition) is 2. The van der Waals surface area contributed by atoms with E-state index in [1.54, 1.807) is 14.0 Å². The van der Waals surface area contributed by atoms with Gasteiger partial charge in [-0.25, -0.2) is 0 Å². The first kappa shape index (κ1) is 12.4. The van der Waals surface area contributed by atoms with Gasteiger partial charge in [0.2, 0.25) is 0 Å². The van der Waals surface area contributed by atoms with Crippen LogP contribution in [-0.2, 0) is 9.53 Å². The minimum absolute atomic E-state index is 0.103. The van der Waals surface area contributed by atoms with E-state index < -0.39 is 0 Å². The fourth-order valence-corrected chi connectivity index (χ4v) is 1.23. The van der Waals surface area contributed by atoms with Crippen LogP contribution in [0.15, 0.2) is 0 Å². The Labute approximate surface area is 81.1 Å². The second kappa shape index (κ2) is 6.89. The lowest BCUT2D eigenvalue weighted by Crippen LogP contribution is -2.39. The van der Waals surface area contributed by atoms with Crippen LogP contribution in [0.2, 0.25) is 0 Å². The minimum Gasteiger partial charge on any atom is -0.372 e. The number of carbonyl (C=O) groups excluding carboxylic acids is 1. The Hall–Kier alpha value is -0.570. The largest absolute Gasteiger partial charge is 0.372 e. The van der Waals surface area contributed by atoms with Crippen molar-refractivity contribution in [3.05, 3.63) is 0 Å². The third-order valence-electron chi connectivity index (χ3n) is 2.00. The molecule has 3 heteroatoms. The fraction of sp³-hybridized carbons (Fsp3) is 0.900. The smallest absolute Gasteiger partial charge is 0.251 e. The van der Waals surface area contributed by atoms with Crippen molar-refractivity contribution in [2.45, 2.75) is 39.7 Å². The number of methoxy groups -OCH3 is 1. The summed E-state index contributed by atoms with van der Waals surface area (Å²) in [6.45, 7) is 7.61. The highest BCUT2D eigenvalue weighted by atomic mass is 16.5. The molecule has 0 spiro atoms. The van der Waals surface area contributed by atoms with Crippen molar-refractivity contribution in [3.63, 3.8) is 0 Å². The van der Waals surface area contributed by atoms with Crippen LogP contribution in [0, 0.1) is 0 Å². The molecule has 1 unspecified atom stereocenters. The molecule has 0 radical (unpaired) electrons. The quantitative estimate of drug-likeness (QED) is 0.633. The maximum atomic E-state index is 11.7. The van der Waals surface area contributed by atoms with Crippen molar-refractivity contribution in [3.8, 4) is 0 Å². The van der Waals surface area contributed by atoms with Crippen LogP contribution in [0.4, 0.5) is 0 Å². The van der Waals surface area contributed by atoms with Gasteiger partial charge < -0.3 is 9.64 Å². The highest BCUT2D eigenvalue weighted by Gasteiger charge is 2.18. The summed E-state index contributed by atoms with van der Waals surface area (Å²) in [4.78, 5) is 13.5. The van der Waals surface area contributed by atoms with Gasteiger partial charge in [0.25, 0.3) is 5.91 Å². The summed E-state index contributed by atoms with van der Waals surface area (Å²) in [5.41, 5.74) is 0.